The van der Waals surface area contributed by atoms with E-state index in [0.717, 1.165) is 5.75 Å². The van der Waals surface area contributed by atoms with Gasteiger partial charge in [0.1, 0.15) is 0 Å². The van der Waals surface area contributed by atoms with Crippen LogP contribution in [0.25, 0.3) is 0 Å². The molecule has 0 amide bonds. The summed E-state index contributed by atoms with van der Waals surface area (Å²) in [6, 6.07) is 0.0706. The molecule has 0 heterocycles. The highest BCUT2D eigenvalue weighted by atomic mass is 32.2. The number of hydrogen-bond acceptors (Lipinski definition) is 4. The van der Waals surface area contributed by atoms with Crippen LogP contribution in [-0.2, 0) is 4.74 Å². The molecule has 0 aliphatic carbocycles. The Hall–Kier alpha value is 0.230. The first-order valence-electron chi connectivity index (χ1n) is 4.12. The third-order valence-electron chi connectivity index (χ3n) is 1.63. The van der Waals surface area contributed by atoms with Crippen molar-refractivity contribution in [2.75, 3.05) is 19.5 Å². The summed E-state index contributed by atoms with van der Waals surface area (Å²) in [5, 5.41) is 9.41. The molecule has 0 aliphatic rings. The summed E-state index contributed by atoms with van der Waals surface area (Å²) in [5.74, 6) is 0.833. The highest BCUT2D eigenvalue weighted by Crippen LogP contribution is 2.14. The Morgan fingerprint density at radius 1 is 1.50 bits per heavy atom. The molecule has 12 heavy (non-hydrogen) atoms. The largest absolute Gasteiger partial charge is 0.392 e. The van der Waals surface area contributed by atoms with E-state index in [0.29, 0.717) is 6.61 Å². The van der Waals surface area contributed by atoms with Crippen molar-refractivity contribution >= 4 is 11.8 Å². The predicted molar refractivity (Wildman–Crippen MR) is 53.5 cm³/mol. The minimum atomic E-state index is -0.273. The van der Waals surface area contributed by atoms with Gasteiger partial charge in [-0.15, -0.1) is 0 Å². The fourth-order valence-corrected chi connectivity index (χ4v) is 1.60. The van der Waals surface area contributed by atoms with E-state index < -0.39 is 0 Å². The molecule has 0 aromatic rings. The number of methoxy groups -OCH3 is 1. The molecule has 3 unspecified atom stereocenters. The summed E-state index contributed by atoms with van der Waals surface area (Å²) in [6.07, 6.45) is -0.273. The van der Waals surface area contributed by atoms with Gasteiger partial charge in [0.15, 0.2) is 0 Å². The second-order valence-electron chi connectivity index (χ2n) is 2.99. The van der Waals surface area contributed by atoms with Crippen molar-refractivity contribution in [1.29, 1.82) is 0 Å². The Labute approximate surface area is 78.7 Å². The van der Waals surface area contributed by atoms with Crippen LogP contribution in [0, 0.1) is 0 Å². The molecule has 0 aromatic heterocycles. The van der Waals surface area contributed by atoms with Gasteiger partial charge >= 0.3 is 0 Å². The molecule has 0 fully saturated rings. The Kier molecular flexibility index (Phi) is 6.84. The van der Waals surface area contributed by atoms with Crippen LogP contribution in [0.4, 0.5) is 0 Å². The van der Waals surface area contributed by atoms with Crippen molar-refractivity contribution in [2.45, 2.75) is 31.2 Å². The van der Waals surface area contributed by atoms with Crippen LogP contribution in [-0.4, -0.2) is 42.0 Å². The van der Waals surface area contributed by atoms with Gasteiger partial charge in [0.05, 0.1) is 12.7 Å². The lowest BCUT2D eigenvalue weighted by Crippen LogP contribution is -2.30. The van der Waals surface area contributed by atoms with Gasteiger partial charge in [-0.05, 0) is 6.92 Å². The van der Waals surface area contributed by atoms with Crippen LogP contribution in [0.5, 0.6) is 0 Å². The average Bonchev–Trinajstić information content (AvgIpc) is 2.00. The Morgan fingerprint density at radius 3 is 2.50 bits per heavy atom. The van der Waals surface area contributed by atoms with Crippen LogP contribution in [0.1, 0.15) is 13.8 Å². The average molecular weight is 193 g/mol. The summed E-state index contributed by atoms with van der Waals surface area (Å²) in [6.45, 7) is 4.37. The standard InChI is InChI=1S/C8H19NO2S/c1-6(10)7(2)12-5-8(9)4-11-3/h6-8,10H,4-5,9H2,1-3H3. The van der Waals surface area contributed by atoms with E-state index in [1.807, 2.05) is 6.92 Å². The minimum absolute atomic E-state index is 0.0706. The van der Waals surface area contributed by atoms with Gasteiger partial charge in [0, 0.05) is 24.2 Å². The van der Waals surface area contributed by atoms with E-state index in [1.54, 1.807) is 25.8 Å². The zero-order chi connectivity index (χ0) is 9.56. The smallest absolute Gasteiger partial charge is 0.0628 e. The highest BCUT2D eigenvalue weighted by Gasteiger charge is 2.11. The second kappa shape index (κ2) is 6.71. The quantitative estimate of drug-likeness (QED) is 0.643. The van der Waals surface area contributed by atoms with Gasteiger partial charge in [-0.25, -0.2) is 0 Å². The van der Waals surface area contributed by atoms with Gasteiger partial charge in [0.25, 0.3) is 0 Å². The van der Waals surface area contributed by atoms with E-state index in [9.17, 15) is 5.11 Å². The van der Waals surface area contributed by atoms with Crippen molar-refractivity contribution < 1.29 is 9.84 Å². The molecule has 0 aliphatic heterocycles. The van der Waals surface area contributed by atoms with Gasteiger partial charge in [-0.3, -0.25) is 0 Å². The summed E-state index contributed by atoms with van der Waals surface area (Å²) in [7, 11) is 1.64. The molecule has 74 valence electrons. The number of nitrogens with two attached hydrogens (primary N) is 1. The second-order valence-corrected chi connectivity index (χ2v) is 4.40. The molecule has 3 nitrogen and oxygen atoms in total. The number of aliphatic hydroxyl groups excluding tert-OH is 1. The Bertz CT molecular complexity index is 111. The summed E-state index contributed by atoms with van der Waals surface area (Å²) < 4.78 is 4.90. The molecule has 0 aromatic carbocycles. The number of rotatable bonds is 6. The maximum Gasteiger partial charge on any atom is 0.0628 e. The van der Waals surface area contributed by atoms with E-state index in [-0.39, 0.29) is 17.4 Å². The lowest BCUT2D eigenvalue weighted by molar-refractivity contribution is 0.185. The summed E-state index contributed by atoms with van der Waals surface area (Å²) in [4.78, 5) is 0. The zero-order valence-electron chi connectivity index (χ0n) is 7.99. The van der Waals surface area contributed by atoms with E-state index in [2.05, 4.69) is 0 Å². The number of ether oxygens (including phenoxy) is 1. The minimum Gasteiger partial charge on any atom is -0.392 e. The van der Waals surface area contributed by atoms with Gasteiger partial charge in [-0.2, -0.15) is 11.8 Å². The maximum atomic E-state index is 9.17. The van der Waals surface area contributed by atoms with Crippen LogP contribution in [0.2, 0.25) is 0 Å². The van der Waals surface area contributed by atoms with E-state index >= 15 is 0 Å². The van der Waals surface area contributed by atoms with E-state index in [1.165, 1.54) is 0 Å². The molecule has 0 saturated carbocycles. The van der Waals surface area contributed by atoms with Gasteiger partial charge in [0.2, 0.25) is 0 Å². The van der Waals surface area contributed by atoms with Gasteiger partial charge in [-0.1, -0.05) is 6.92 Å². The molecule has 0 rings (SSSR count). The third kappa shape index (κ3) is 5.83. The van der Waals surface area contributed by atoms with Crippen molar-refractivity contribution in [3.8, 4) is 0 Å². The Morgan fingerprint density at radius 2 is 2.08 bits per heavy atom. The third-order valence-corrected chi connectivity index (χ3v) is 3.17. The fraction of sp³-hybridized carbons (Fsp3) is 1.00. The molecular weight excluding hydrogens is 174 g/mol. The molecule has 0 saturated heterocycles. The lowest BCUT2D eigenvalue weighted by atomic mass is 10.3. The van der Waals surface area contributed by atoms with Crippen LogP contribution >= 0.6 is 11.8 Å². The SMILES string of the molecule is COCC(N)CSC(C)C(C)O. The van der Waals surface area contributed by atoms with E-state index in [4.69, 9.17) is 10.5 Å². The van der Waals surface area contributed by atoms with Crippen LogP contribution in [0.15, 0.2) is 0 Å². The summed E-state index contributed by atoms with van der Waals surface area (Å²) >= 11 is 1.68. The molecule has 4 heteroatoms. The predicted octanol–water partition coefficient (Wildman–Crippen LogP) is 0.463. The maximum absolute atomic E-state index is 9.17. The molecule has 0 radical (unpaired) electrons. The normalized spacial score (nSPS) is 18.8. The first-order chi connectivity index (χ1) is 5.57. The van der Waals surface area contributed by atoms with Crippen LogP contribution < -0.4 is 5.73 Å². The lowest BCUT2D eigenvalue weighted by Gasteiger charge is -2.16. The molecule has 0 spiro atoms. The highest BCUT2D eigenvalue weighted by molar-refractivity contribution is 7.99. The molecular formula is C8H19NO2S. The van der Waals surface area contributed by atoms with Crippen molar-refractivity contribution in [3.63, 3.8) is 0 Å². The topological polar surface area (TPSA) is 55.5 Å². The molecule has 0 bridgehead atoms. The van der Waals surface area contributed by atoms with Crippen molar-refractivity contribution in [1.82, 2.24) is 0 Å². The fourth-order valence-electron chi connectivity index (χ4n) is 0.677. The monoisotopic (exact) mass is 193 g/mol. The van der Waals surface area contributed by atoms with Crippen molar-refractivity contribution in [3.05, 3.63) is 0 Å². The number of hydrogen-bond donors (Lipinski definition) is 2. The Balaban J connectivity index is 3.40. The number of aliphatic hydroxyl groups is 1. The summed E-state index contributed by atoms with van der Waals surface area (Å²) in [5.41, 5.74) is 5.71. The zero-order valence-corrected chi connectivity index (χ0v) is 8.80. The molecule has 3 atom stereocenters. The van der Waals surface area contributed by atoms with Gasteiger partial charge < -0.3 is 15.6 Å². The first kappa shape index (κ1) is 12.2. The number of thioether (sulfide) groups is 1. The van der Waals surface area contributed by atoms with Crippen molar-refractivity contribution in [2.24, 2.45) is 5.73 Å². The first-order valence-corrected chi connectivity index (χ1v) is 5.17. The molecule has 3 N–H and O–H groups in total. The van der Waals surface area contributed by atoms with Crippen LogP contribution in [0.3, 0.4) is 0 Å².